The first-order valence-corrected chi connectivity index (χ1v) is 10.8. The highest BCUT2D eigenvalue weighted by Gasteiger charge is 2.25. The molecule has 0 bridgehead atoms. The lowest BCUT2D eigenvalue weighted by Crippen LogP contribution is -2.49. The van der Waals surface area contributed by atoms with Gasteiger partial charge in [-0.05, 0) is 38.3 Å². The predicted molar refractivity (Wildman–Crippen MR) is 117 cm³/mol. The average Bonchev–Trinajstić information content (AvgIpc) is 3.38. The van der Waals surface area contributed by atoms with Crippen LogP contribution in [-0.2, 0) is 16.1 Å². The zero-order valence-electron chi connectivity index (χ0n) is 18.2. The minimum absolute atomic E-state index is 0.105. The number of piperazine rings is 1. The van der Waals surface area contributed by atoms with Crippen LogP contribution in [0, 0.1) is 25.2 Å². The second-order valence-electron chi connectivity index (χ2n) is 8.15. The molecule has 9 nitrogen and oxygen atoms in total. The molecule has 164 valence electrons. The van der Waals surface area contributed by atoms with E-state index in [1.54, 1.807) is 18.5 Å². The first-order chi connectivity index (χ1) is 15.1. The van der Waals surface area contributed by atoms with Gasteiger partial charge < -0.3 is 19.5 Å². The predicted octanol–water partition coefficient (Wildman–Crippen LogP) is 1.71. The number of nitrogens with zero attached hydrogens (tertiary/aromatic N) is 6. The molecule has 2 aromatic heterocycles. The maximum absolute atomic E-state index is 12.9. The molecule has 0 saturated carbocycles. The maximum atomic E-state index is 12.9. The van der Waals surface area contributed by atoms with E-state index in [0.29, 0.717) is 17.9 Å². The van der Waals surface area contributed by atoms with E-state index in [9.17, 15) is 10.1 Å². The van der Waals surface area contributed by atoms with Crippen LogP contribution in [-0.4, -0.2) is 70.8 Å². The summed E-state index contributed by atoms with van der Waals surface area (Å²) in [6.45, 7) is 8.69. The van der Waals surface area contributed by atoms with Crippen LogP contribution in [0.4, 0.5) is 11.8 Å². The normalized spacial score (nSPS) is 19.4. The number of hydrogen-bond acceptors (Lipinski definition) is 7. The third-order valence-electron chi connectivity index (χ3n) is 6.18. The molecule has 31 heavy (non-hydrogen) atoms. The second-order valence-corrected chi connectivity index (χ2v) is 8.15. The standard InChI is InChI=1S/C22H29N7O2/c1-16-17(2)29(14-18-5-3-12-31-18)21(19(16)13-23)26-20(30)15-27-8-10-28(11-9-27)22-24-6-4-7-25-22/h4,6-7,18H,3,5,8-12,14-15H2,1-2H3,(H,26,30)/t18-/m0/s1. The Morgan fingerprint density at radius 1 is 1.26 bits per heavy atom. The zero-order valence-corrected chi connectivity index (χ0v) is 18.2. The highest BCUT2D eigenvalue weighted by Crippen LogP contribution is 2.28. The maximum Gasteiger partial charge on any atom is 0.239 e. The first-order valence-electron chi connectivity index (χ1n) is 10.8. The summed E-state index contributed by atoms with van der Waals surface area (Å²) < 4.78 is 7.82. The van der Waals surface area contributed by atoms with Crippen molar-refractivity contribution in [3.63, 3.8) is 0 Å². The van der Waals surface area contributed by atoms with Gasteiger partial charge in [-0.25, -0.2) is 9.97 Å². The molecule has 2 aromatic rings. The van der Waals surface area contributed by atoms with Crippen LogP contribution in [0.5, 0.6) is 0 Å². The van der Waals surface area contributed by atoms with Crippen molar-refractivity contribution in [1.29, 1.82) is 5.26 Å². The lowest BCUT2D eigenvalue weighted by Gasteiger charge is -2.34. The van der Waals surface area contributed by atoms with Crippen molar-refractivity contribution < 1.29 is 9.53 Å². The number of anilines is 2. The van der Waals surface area contributed by atoms with Crippen LogP contribution in [0.15, 0.2) is 18.5 Å². The molecule has 4 rings (SSSR count). The third kappa shape index (κ3) is 4.70. The molecule has 2 fully saturated rings. The van der Waals surface area contributed by atoms with Gasteiger partial charge in [0.25, 0.3) is 0 Å². The van der Waals surface area contributed by atoms with Gasteiger partial charge in [-0.15, -0.1) is 0 Å². The van der Waals surface area contributed by atoms with Crippen molar-refractivity contribution in [3.8, 4) is 6.07 Å². The largest absolute Gasteiger partial charge is 0.376 e. The van der Waals surface area contributed by atoms with Crippen LogP contribution in [0.2, 0.25) is 0 Å². The topological polar surface area (TPSA) is 99.3 Å². The summed E-state index contributed by atoms with van der Waals surface area (Å²) in [5.74, 6) is 1.21. The van der Waals surface area contributed by atoms with E-state index in [1.807, 2.05) is 18.4 Å². The number of nitrogens with one attached hydrogen (secondary N) is 1. The van der Waals surface area contributed by atoms with Crippen LogP contribution < -0.4 is 10.2 Å². The molecule has 4 heterocycles. The van der Waals surface area contributed by atoms with Crippen LogP contribution >= 0.6 is 0 Å². The van der Waals surface area contributed by atoms with Gasteiger partial charge in [0, 0.05) is 50.9 Å². The van der Waals surface area contributed by atoms with Gasteiger partial charge in [0.05, 0.1) is 24.8 Å². The molecule has 0 aliphatic carbocycles. The van der Waals surface area contributed by atoms with Crippen molar-refractivity contribution in [2.24, 2.45) is 0 Å². The van der Waals surface area contributed by atoms with Gasteiger partial charge in [0.15, 0.2) is 0 Å². The molecular weight excluding hydrogens is 394 g/mol. The minimum Gasteiger partial charge on any atom is -0.376 e. The summed E-state index contributed by atoms with van der Waals surface area (Å²) in [6, 6.07) is 4.08. The summed E-state index contributed by atoms with van der Waals surface area (Å²) >= 11 is 0. The molecular formula is C22H29N7O2. The molecule has 0 radical (unpaired) electrons. The van der Waals surface area contributed by atoms with Crippen molar-refractivity contribution >= 4 is 17.7 Å². The minimum atomic E-state index is -0.105. The fourth-order valence-electron chi connectivity index (χ4n) is 4.29. The number of carbonyl (C=O) groups is 1. The van der Waals surface area contributed by atoms with E-state index in [2.05, 4.69) is 31.2 Å². The Hall–Kier alpha value is -2.96. The van der Waals surface area contributed by atoms with E-state index in [1.165, 1.54) is 0 Å². The summed E-state index contributed by atoms with van der Waals surface area (Å²) in [7, 11) is 0. The second kappa shape index (κ2) is 9.45. The quantitative estimate of drug-likeness (QED) is 0.755. The molecule has 0 aromatic carbocycles. The van der Waals surface area contributed by atoms with Gasteiger partial charge in [0.2, 0.25) is 11.9 Å². The Morgan fingerprint density at radius 3 is 2.65 bits per heavy atom. The number of aromatic nitrogens is 3. The Kier molecular flexibility index (Phi) is 6.49. The van der Waals surface area contributed by atoms with E-state index in [0.717, 1.165) is 62.8 Å². The summed E-state index contributed by atoms with van der Waals surface area (Å²) in [5, 5.41) is 12.7. The molecule has 2 saturated heterocycles. The monoisotopic (exact) mass is 423 g/mol. The van der Waals surface area contributed by atoms with E-state index in [4.69, 9.17) is 4.74 Å². The molecule has 1 N–H and O–H groups in total. The summed E-state index contributed by atoms with van der Waals surface area (Å²) in [5.41, 5.74) is 2.45. The molecule has 0 spiro atoms. The van der Waals surface area contributed by atoms with Gasteiger partial charge >= 0.3 is 0 Å². The van der Waals surface area contributed by atoms with Crippen molar-refractivity contribution in [3.05, 3.63) is 35.3 Å². The highest BCUT2D eigenvalue weighted by atomic mass is 16.5. The van der Waals surface area contributed by atoms with E-state index < -0.39 is 0 Å². The van der Waals surface area contributed by atoms with Crippen molar-refractivity contribution in [1.82, 2.24) is 19.4 Å². The number of hydrogen-bond donors (Lipinski definition) is 1. The van der Waals surface area contributed by atoms with Gasteiger partial charge in [-0.1, -0.05) is 0 Å². The molecule has 0 unspecified atom stereocenters. The Balaban J connectivity index is 1.39. The summed E-state index contributed by atoms with van der Waals surface area (Å²) in [4.78, 5) is 25.7. The first kappa shape index (κ1) is 21.3. The van der Waals surface area contributed by atoms with Gasteiger partial charge in [-0.2, -0.15) is 5.26 Å². The number of amides is 1. The molecule has 9 heteroatoms. The van der Waals surface area contributed by atoms with Crippen LogP contribution in [0.25, 0.3) is 0 Å². The molecule has 1 amide bonds. The number of nitriles is 1. The number of carbonyl (C=O) groups excluding carboxylic acids is 1. The fourth-order valence-corrected chi connectivity index (χ4v) is 4.29. The number of ether oxygens (including phenoxy) is 1. The van der Waals surface area contributed by atoms with E-state index in [-0.39, 0.29) is 18.6 Å². The van der Waals surface area contributed by atoms with Crippen LogP contribution in [0.1, 0.15) is 29.7 Å². The molecule has 2 aliphatic rings. The SMILES string of the molecule is Cc1c(C#N)c(NC(=O)CN2CCN(c3ncccn3)CC2)n(C[C@@H]2CCCO2)c1C. The fraction of sp³-hybridized carbons (Fsp3) is 0.545. The van der Waals surface area contributed by atoms with Gasteiger partial charge in [-0.3, -0.25) is 9.69 Å². The zero-order chi connectivity index (χ0) is 21.8. The third-order valence-corrected chi connectivity index (χ3v) is 6.18. The van der Waals surface area contributed by atoms with E-state index >= 15 is 0 Å². The highest BCUT2D eigenvalue weighted by molar-refractivity contribution is 5.93. The lowest BCUT2D eigenvalue weighted by atomic mass is 10.2. The Labute approximate surface area is 182 Å². The average molecular weight is 424 g/mol. The lowest BCUT2D eigenvalue weighted by molar-refractivity contribution is -0.117. The van der Waals surface area contributed by atoms with Gasteiger partial charge in [0.1, 0.15) is 11.9 Å². The molecule has 1 atom stereocenters. The summed E-state index contributed by atoms with van der Waals surface area (Å²) in [6.07, 6.45) is 5.66. The van der Waals surface area contributed by atoms with Crippen molar-refractivity contribution in [2.45, 2.75) is 39.3 Å². The van der Waals surface area contributed by atoms with Crippen LogP contribution in [0.3, 0.4) is 0 Å². The Morgan fingerprint density at radius 2 is 2.00 bits per heavy atom. The number of rotatable bonds is 6. The molecule has 2 aliphatic heterocycles. The Bertz CT molecular complexity index is 952. The smallest absolute Gasteiger partial charge is 0.239 e. The van der Waals surface area contributed by atoms with Crippen molar-refractivity contribution in [2.75, 3.05) is 49.5 Å².